The zero-order chi connectivity index (χ0) is 10.6. The van der Waals surface area contributed by atoms with Crippen molar-refractivity contribution in [2.45, 2.75) is 20.8 Å². The number of rotatable bonds is 3. The summed E-state index contributed by atoms with van der Waals surface area (Å²) < 4.78 is 0. The topological polar surface area (TPSA) is 17.1 Å². The Balaban J connectivity index is 2.81. The van der Waals surface area contributed by atoms with Gasteiger partial charge in [-0.05, 0) is 6.92 Å². The number of Topliss-reactive ketones (excluding diaryl/α,β-unsaturated/α-hetero) is 1. The van der Waals surface area contributed by atoms with E-state index in [2.05, 4.69) is 0 Å². The monoisotopic (exact) mass is 187 g/mol. The quantitative estimate of drug-likeness (QED) is 0.621. The molecular weight excluding hydrogens is 172 g/mol. The second-order valence-electron chi connectivity index (χ2n) is 3.25. The fraction of sp³-hybridized carbons (Fsp3) is 0.231. The zero-order valence-corrected chi connectivity index (χ0v) is 8.87. The maximum Gasteiger partial charge on any atom is 0.0910 e. The van der Waals surface area contributed by atoms with Crippen molar-refractivity contribution in [3.05, 3.63) is 54.2 Å². The van der Waals surface area contributed by atoms with E-state index in [1.54, 1.807) is 6.92 Å². The average Bonchev–Trinajstić information content (AvgIpc) is 2.20. The molecule has 1 aliphatic rings. The lowest BCUT2D eigenvalue weighted by molar-refractivity contribution is -0.114. The lowest BCUT2D eigenvalue weighted by Gasteiger charge is -2.40. The minimum atomic E-state index is 0.127. The molecule has 0 radical (unpaired) electrons. The minimum absolute atomic E-state index is 0.127. The Hall–Kier alpha value is -1.50. The summed E-state index contributed by atoms with van der Waals surface area (Å²) in [6, 6.07) is 0. The third-order valence-corrected chi connectivity index (χ3v) is 2.31. The van der Waals surface area contributed by atoms with Crippen LogP contribution in [0, 0.1) is 18.3 Å². The van der Waals surface area contributed by atoms with Gasteiger partial charge in [-0.15, -0.1) is 12.8 Å². The van der Waals surface area contributed by atoms with Crippen LogP contribution < -0.4 is 0 Å². The average molecular weight is 187 g/mol. The first kappa shape index (κ1) is 10.6. The Morgan fingerprint density at radius 3 is 2.43 bits per heavy atom. The van der Waals surface area contributed by atoms with Crippen LogP contribution in [-0.2, 0) is 4.79 Å². The molecule has 0 bridgehead atoms. The molecular formula is C13H15O-3. The first-order valence-corrected chi connectivity index (χ1v) is 4.73. The molecule has 1 aliphatic carbocycles. The van der Waals surface area contributed by atoms with Gasteiger partial charge in [0, 0.05) is 0 Å². The van der Waals surface area contributed by atoms with Crippen molar-refractivity contribution in [1.82, 2.24) is 0 Å². The summed E-state index contributed by atoms with van der Waals surface area (Å²) in [6.45, 7) is 5.42. The van der Waals surface area contributed by atoms with Crippen molar-refractivity contribution < 1.29 is 4.79 Å². The van der Waals surface area contributed by atoms with Crippen LogP contribution in [0.1, 0.15) is 20.8 Å². The van der Waals surface area contributed by atoms with Gasteiger partial charge in [-0.1, -0.05) is 6.92 Å². The molecule has 0 fully saturated rings. The predicted molar refractivity (Wildman–Crippen MR) is 59.2 cm³/mol. The summed E-state index contributed by atoms with van der Waals surface area (Å²) in [7, 11) is 0. The van der Waals surface area contributed by atoms with E-state index in [4.69, 9.17) is 0 Å². The molecule has 0 saturated carbocycles. The van der Waals surface area contributed by atoms with Crippen LogP contribution in [-0.4, -0.2) is 5.78 Å². The molecule has 0 spiro atoms. The van der Waals surface area contributed by atoms with E-state index < -0.39 is 0 Å². The third-order valence-electron chi connectivity index (χ3n) is 2.31. The Morgan fingerprint density at radius 1 is 1.43 bits per heavy atom. The van der Waals surface area contributed by atoms with E-state index in [0.29, 0.717) is 0 Å². The summed E-state index contributed by atoms with van der Waals surface area (Å²) in [4.78, 5) is 11.2. The molecule has 14 heavy (non-hydrogen) atoms. The number of hydrogen-bond acceptors (Lipinski definition) is 1. The normalized spacial score (nSPS) is 15.4. The molecule has 1 nitrogen and oxygen atoms in total. The van der Waals surface area contributed by atoms with Crippen LogP contribution in [0.2, 0.25) is 0 Å². The Bertz CT molecular complexity index is 282. The largest absolute Gasteiger partial charge is 0.312 e. The van der Waals surface area contributed by atoms with Gasteiger partial charge >= 0.3 is 0 Å². The molecule has 0 N–H and O–H groups in total. The summed E-state index contributed by atoms with van der Waals surface area (Å²) in [5, 5.41) is 0. The van der Waals surface area contributed by atoms with E-state index in [0.717, 1.165) is 17.4 Å². The lowest BCUT2D eigenvalue weighted by Crippen LogP contribution is -2.12. The minimum Gasteiger partial charge on any atom is -0.312 e. The van der Waals surface area contributed by atoms with Crippen molar-refractivity contribution in [2.75, 3.05) is 0 Å². The Labute approximate surface area is 86.2 Å². The second-order valence-corrected chi connectivity index (χ2v) is 3.25. The smallest absolute Gasteiger partial charge is 0.0910 e. The highest BCUT2D eigenvalue weighted by Gasteiger charge is 2.02. The van der Waals surface area contributed by atoms with Crippen molar-refractivity contribution in [2.24, 2.45) is 0 Å². The molecule has 0 aromatic carbocycles. The van der Waals surface area contributed by atoms with Crippen LogP contribution in [0.25, 0.3) is 0 Å². The molecule has 0 aliphatic heterocycles. The van der Waals surface area contributed by atoms with Crippen LogP contribution in [0.5, 0.6) is 0 Å². The molecule has 0 atom stereocenters. The van der Waals surface area contributed by atoms with Crippen molar-refractivity contribution >= 4 is 5.78 Å². The summed E-state index contributed by atoms with van der Waals surface area (Å²) in [6.07, 6.45) is 11.9. The number of hydrogen-bond donors (Lipinski definition) is 0. The predicted octanol–water partition coefficient (Wildman–Crippen LogP) is 3.02. The molecule has 0 saturated heterocycles. The molecule has 0 unspecified atom stereocenters. The number of carbonyl (C=O) groups is 1. The Kier molecular flexibility index (Phi) is 3.52. The van der Waals surface area contributed by atoms with Crippen LogP contribution >= 0.6 is 0 Å². The van der Waals surface area contributed by atoms with E-state index in [9.17, 15) is 4.79 Å². The molecule has 0 amide bonds. The molecule has 1 rings (SSSR count). The van der Waals surface area contributed by atoms with Gasteiger partial charge in [-0.3, -0.25) is 18.1 Å². The third kappa shape index (κ3) is 2.25. The molecule has 0 aromatic heterocycles. The summed E-state index contributed by atoms with van der Waals surface area (Å²) in [5.74, 6) is 2.04. The summed E-state index contributed by atoms with van der Waals surface area (Å²) >= 11 is 0. The van der Waals surface area contributed by atoms with Gasteiger partial charge in [0.15, 0.2) is 0 Å². The van der Waals surface area contributed by atoms with Gasteiger partial charge in [-0.2, -0.15) is 0 Å². The van der Waals surface area contributed by atoms with Crippen LogP contribution in [0.15, 0.2) is 36.0 Å². The van der Waals surface area contributed by atoms with Crippen molar-refractivity contribution in [3.63, 3.8) is 0 Å². The zero-order valence-electron chi connectivity index (χ0n) is 8.87. The molecule has 0 aromatic rings. The van der Waals surface area contributed by atoms with E-state index in [-0.39, 0.29) is 5.78 Å². The first-order valence-electron chi connectivity index (χ1n) is 4.73. The maximum absolute atomic E-state index is 11.2. The number of allylic oxidation sites excluding steroid dienone is 6. The Morgan fingerprint density at radius 2 is 2.00 bits per heavy atom. The van der Waals surface area contributed by atoms with Gasteiger partial charge in [0.2, 0.25) is 0 Å². The standard InChI is InChI=1S/C13H15O/c1-4-13(10(2)11(3)14)12-8-6-5-7-9-12/h4-9H,1-3H3/q-3. The van der Waals surface area contributed by atoms with Gasteiger partial charge in [0.25, 0.3) is 0 Å². The van der Waals surface area contributed by atoms with Gasteiger partial charge < -0.3 is 23.4 Å². The second kappa shape index (κ2) is 4.66. The highest BCUT2D eigenvalue weighted by atomic mass is 16.1. The van der Waals surface area contributed by atoms with E-state index in [1.807, 2.05) is 50.6 Å². The van der Waals surface area contributed by atoms with Gasteiger partial charge in [-0.25, -0.2) is 11.6 Å². The fourth-order valence-corrected chi connectivity index (χ4v) is 1.41. The van der Waals surface area contributed by atoms with E-state index in [1.165, 1.54) is 0 Å². The highest BCUT2D eigenvalue weighted by molar-refractivity contribution is 5.94. The van der Waals surface area contributed by atoms with Crippen molar-refractivity contribution in [1.29, 1.82) is 0 Å². The summed E-state index contributed by atoms with van der Waals surface area (Å²) in [5.41, 5.74) is 1.03. The number of carbonyl (C=O) groups excluding carboxylic acids is 1. The molecule has 76 valence electrons. The van der Waals surface area contributed by atoms with Gasteiger partial charge in [0.05, 0.1) is 5.78 Å². The maximum atomic E-state index is 11.2. The SMILES string of the molecule is CC=C([C-]1C=C[CH-]C=C1)[C-](C)C(C)=O. The van der Waals surface area contributed by atoms with E-state index >= 15 is 0 Å². The van der Waals surface area contributed by atoms with Crippen LogP contribution in [0.3, 0.4) is 0 Å². The highest BCUT2D eigenvalue weighted by Crippen LogP contribution is 2.28. The van der Waals surface area contributed by atoms with Gasteiger partial charge in [0.1, 0.15) is 0 Å². The fourth-order valence-electron chi connectivity index (χ4n) is 1.41. The molecule has 0 heterocycles. The number of ketones is 1. The van der Waals surface area contributed by atoms with Crippen LogP contribution in [0.4, 0.5) is 0 Å². The lowest BCUT2D eigenvalue weighted by atomic mass is 9.84. The first-order chi connectivity index (χ1) is 6.66. The molecule has 1 heteroatoms. The van der Waals surface area contributed by atoms with Crippen molar-refractivity contribution in [3.8, 4) is 0 Å².